The Balaban J connectivity index is 2.43. The second kappa shape index (κ2) is 7.30. The average molecular weight is 236 g/mol. The van der Waals surface area contributed by atoms with Crippen LogP contribution >= 0.6 is 0 Å². The van der Waals surface area contributed by atoms with Gasteiger partial charge in [0.2, 0.25) is 0 Å². The number of aromatic nitrogens is 1. The van der Waals surface area contributed by atoms with E-state index in [1.807, 2.05) is 0 Å². The zero-order valence-electron chi connectivity index (χ0n) is 11.3. The van der Waals surface area contributed by atoms with E-state index in [0.29, 0.717) is 0 Å². The molecule has 3 heteroatoms. The molecule has 1 aromatic rings. The number of hydrogen-bond acceptors (Lipinski definition) is 2. The van der Waals surface area contributed by atoms with Gasteiger partial charge in [-0.1, -0.05) is 5.57 Å². The van der Waals surface area contributed by atoms with Gasteiger partial charge in [0.15, 0.2) is 0 Å². The predicted molar refractivity (Wildman–Crippen MR) is 72.2 cm³/mol. The minimum absolute atomic E-state index is 0.759. The van der Waals surface area contributed by atoms with E-state index in [2.05, 4.69) is 42.6 Å². The summed E-state index contributed by atoms with van der Waals surface area (Å²) in [6.07, 6.45) is 3.21. The summed E-state index contributed by atoms with van der Waals surface area (Å²) < 4.78 is 7.30. The number of hydrogen-bond donors (Lipinski definition) is 1. The molecule has 0 fully saturated rings. The largest absolute Gasteiger partial charge is 0.383 e. The Morgan fingerprint density at radius 1 is 1.53 bits per heavy atom. The van der Waals surface area contributed by atoms with E-state index in [1.54, 1.807) is 7.11 Å². The van der Waals surface area contributed by atoms with Gasteiger partial charge in [0, 0.05) is 38.6 Å². The molecule has 1 heterocycles. The van der Waals surface area contributed by atoms with Crippen LogP contribution in [-0.2, 0) is 17.8 Å². The van der Waals surface area contributed by atoms with E-state index >= 15 is 0 Å². The molecule has 0 atom stereocenters. The molecule has 0 saturated heterocycles. The first-order valence-electron chi connectivity index (χ1n) is 6.13. The molecule has 0 aliphatic heterocycles. The van der Waals surface area contributed by atoms with Gasteiger partial charge in [-0.15, -0.1) is 6.58 Å². The highest BCUT2D eigenvalue weighted by Crippen LogP contribution is 2.11. The summed E-state index contributed by atoms with van der Waals surface area (Å²) in [5, 5.41) is 3.37. The molecule has 0 saturated carbocycles. The molecule has 1 N–H and O–H groups in total. The van der Waals surface area contributed by atoms with Crippen LogP contribution < -0.4 is 5.32 Å². The summed E-state index contributed by atoms with van der Waals surface area (Å²) in [5.41, 5.74) is 3.94. The van der Waals surface area contributed by atoms with Crippen molar-refractivity contribution in [3.63, 3.8) is 0 Å². The number of aryl methyl sites for hydroxylation is 1. The highest BCUT2D eigenvalue weighted by Gasteiger charge is 2.03. The monoisotopic (exact) mass is 236 g/mol. The van der Waals surface area contributed by atoms with Gasteiger partial charge >= 0.3 is 0 Å². The Morgan fingerprint density at radius 2 is 2.29 bits per heavy atom. The van der Waals surface area contributed by atoms with Gasteiger partial charge in [-0.3, -0.25) is 0 Å². The number of ether oxygens (including phenoxy) is 1. The normalized spacial score (nSPS) is 10.8. The molecular weight excluding hydrogens is 212 g/mol. The number of nitrogens with one attached hydrogen (secondary N) is 1. The summed E-state index contributed by atoms with van der Waals surface area (Å²) in [7, 11) is 1.72. The van der Waals surface area contributed by atoms with Gasteiger partial charge in [-0.2, -0.15) is 0 Å². The topological polar surface area (TPSA) is 26.2 Å². The maximum atomic E-state index is 5.00. The van der Waals surface area contributed by atoms with Crippen LogP contribution in [-0.4, -0.2) is 24.8 Å². The summed E-state index contributed by atoms with van der Waals surface area (Å²) >= 11 is 0. The molecule has 0 radical (unpaired) electrons. The van der Waals surface area contributed by atoms with E-state index in [-0.39, 0.29) is 0 Å². The smallest absolute Gasteiger partial charge is 0.0587 e. The minimum Gasteiger partial charge on any atom is -0.383 e. The van der Waals surface area contributed by atoms with Crippen LogP contribution in [0.25, 0.3) is 0 Å². The van der Waals surface area contributed by atoms with Crippen LogP contribution in [0.1, 0.15) is 24.6 Å². The lowest BCUT2D eigenvalue weighted by Gasteiger charge is -2.08. The molecule has 1 aromatic heterocycles. The second-order valence-electron chi connectivity index (χ2n) is 4.50. The van der Waals surface area contributed by atoms with Gasteiger partial charge < -0.3 is 14.6 Å². The van der Waals surface area contributed by atoms with Gasteiger partial charge in [0.1, 0.15) is 0 Å². The van der Waals surface area contributed by atoms with Gasteiger partial charge in [0.25, 0.3) is 0 Å². The van der Waals surface area contributed by atoms with Crippen LogP contribution in [0.2, 0.25) is 0 Å². The highest BCUT2D eigenvalue weighted by molar-refractivity contribution is 5.21. The summed E-state index contributed by atoms with van der Waals surface area (Å²) in [5.74, 6) is 0. The predicted octanol–water partition coefficient (Wildman–Crippen LogP) is 2.50. The molecule has 0 aromatic carbocycles. The van der Waals surface area contributed by atoms with Crippen molar-refractivity contribution < 1.29 is 4.74 Å². The van der Waals surface area contributed by atoms with Crippen molar-refractivity contribution in [2.45, 2.75) is 33.4 Å². The second-order valence-corrected chi connectivity index (χ2v) is 4.50. The van der Waals surface area contributed by atoms with Crippen LogP contribution in [0.15, 0.2) is 24.4 Å². The Kier molecular flexibility index (Phi) is 6.01. The molecule has 96 valence electrons. The lowest BCUT2D eigenvalue weighted by Crippen LogP contribution is -2.18. The molecule has 0 aliphatic rings. The molecule has 17 heavy (non-hydrogen) atoms. The first-order chi connectivity index (χ1) is 8.15. The maximum absolute atomic E-state index is 5.00. The number of allylic oxidation sites excluding steroid dienone is 1. The van der Waals surface area contributed by atoms with E-state index in [1.165, 1.54) is 16.8 Å². The average Bonchev–Trinajstić information content (AvgIpc) is 2.63. The molecule has 0 bridgehead atoms. The van der Waals surface area contributed by atoms with Crippen molar-refractivity contribution in [1.82, 2.24) is 9.88 Å². The zero-order chi connectivity index (χ0) is 12.7. The summed E-state index contributed by atoms with van der Waals surface area (Å²) in [6.45, 7) is 11.8. The third kappa shape index (κ3) is 4.75. The van der Waals surface area contributed by atoms with Crippen LogP contribution in [0.3, 0.4) is 0 Å². The van der Waals surface area contributed by atoms with Crippen molar-refractivity contribution >= 4 is 0 Å². The van der Waals surface area contributed by atoms with Crippen molar-refractivity contribution in [1.29, 1.82) is 0 Å². The fourth-order valence-electron chi connectivity index (χ4n) is 1.73. The SMILES string of the molecule is C=C(C)CCn1ccc(CNCCOC)c1C. The lowest BCUT2D eigenvalue weighted by molar-refractivity contribution is 0.199. The molecular formula is C14H24N2O. The van der Waals surface area contributed by atoms with Gasteiger partial charge in [0.05, 0.1) is 6.61 Å². The summed E-state index contributed by atoms with van der Waals surface area (Å²) in [4.78, 5) is 0. The minimum atomic E-state index is 0.759. The third-order valence-corrected chi connectivity index (χ3v) is 2.93. The molecule has 3 nitrogen and oxygen atoms in total. The van der Waals surface area contributed by atoms with E-state index < -0.39 is 0 Å². The van der Waals surface area contributed by atoms with Gasteiger partial charge in [-0.25, -0.2) is 0 Å². The van der Waals surface area contributed by atoms with Crippen LogP contribution in [0.4, 0.5) is 0 Å². The van der Waals surface area contributed by atoms with Crippen molar-refractivity contribution in [3.8, 4) is 0 Å². The molecule has 0 unspecified atom stereocenters. The molecule has 0 spiro atoms. The Hall–Kier alpha value is -1.06. The Labute approximate surface area is 104 Å². The van der Waals surface area contributed by atoms with Crippen molar-refractivity contribution in [2.75, 3.05) is 20.3 Å². The first-order valence-corrected chi connectivity index (χ1v) is 6.13. The Morgan fingerprint density at radius 3 is 2.94 bits per heavy atom. The van der Waals surface area contributed by atoms with E-state index in [0.717, 1.165) is 32.7 Å². The third-order valence-electron chi connectivity index (χ3n) is 2.93. The lowest BCUT2D eigenvalue weighted by atomic mass is 10.2. The van der Waals surface area contributed by atoms with Crippen molar-refractivity contribution in [2.24, 2.45) is 0 Å². The fraction of sp³-hybridized carbons (Fsp3) is 0.571. The quantitative estimate of drug-likeness (QED) is 0.554. The van der Waals surface area contributed by atoms with Crippen LogP contribution in [0, 0.1) is 6.92 Å². The standard InChI is InChI=1S/C14H24N2O/c1-12(2)5-8-16-9-6-14(13(16)3)11-15-7-10-17-4/h6,9,15H,1,5,7-8,10-11H2,2-4H3. The highest BCUT2D eigenvalue weighted by atomic mass is 16.5. The van der Waals surface area contributed by atoms with Crippen molar-refractivity contribution in [3.05, 3.63) is 35.7 Å². The molecule has 0 aliphatic carbocycles. The Bertz CT molecular complexity index is 355. The maximum Gasteiger partial charge on any atom is 0.0587 e. The molecule has 0 amide bonds. The molecule has 1 rings (SSSR count). The fourth-order valence-corrected chi connectivity index (χ4v) is 1.73. The summed E-state index contributed by atoms with van der Waals surface area (Å²) in [6, 6.07) is 2.19. The first kappa shape index (κ1) is 14.0. The number of nitrogens with zero attached hydrogens (tertiary/aromatic N) is 1. The number of rotatable bonds is 8. The zero-order valence-corrected chi connectivity index (χ0v) is 11.3. The van der Waals surface area contributed by atoms with E-state index in [9.17, 15) is 0 Å². The van der Waals surface area contributed by atoms with Gasteiger partial charge in [-0.05, 0) is 31.9 Å². The van der Waals surface area contributed by atoms with E-state index in [4.69, 9.17) is 4.74 Å². The number of methoxy groups -OCH3 is 1. The van der Waals surface area contributed by atoms with Crippen LogP contribution in [0.5, 0.6) is 0 Å².